The van der Waals surface area contributed by atoms with Gasteiger partial charge in [-0.05, 0) is 18.2 Å². The molecule has 134 valence electrons. The number of para-hydroxylation sites is 3. The molecule has 2 aromatic carbocycles. The van der Waals surface area contributed by atoms with Gasteiger partial charge in [0.25, 0.3) is 0 Å². The van der Waals surface area contributed by atoms with Crippen LogP contribution in [0.4, 0.5) is 5.69 Å². The van der Waals surface area contributed by atoms with Gasteiger partial charge in [-0.15, -0.1) is 0 Å². The zero-order chi connectivity index (χ0) is 18.2. The lowest BCUT2D eigenvalue weighted by atomic mass is 10.1. The number of carbonyl (C=O) groups excluding carboxylic acids is 1. The lowest BCUT2D eigenvalue weighted by Gasteiger charge is -2.10. The number of aromatic nitrogens is 4. The SMILES string of the molecule is O=C(Cn1cnc2ccccc21)Nc1ccccc1-c1cn2c(n1)SCC2. The van der Waals surface area contributed by atoms with Gasteiger partial charge in [0.05, 0.1) is 28.7 Å². The summed E-state index contributed by atoms with van der Waals surface area (Å²) in [7, 11) is 0. The number of nitrogens with zero attached hydrogens (tertiary/aromatic N) is 4. The first-order valence-corrected chi connectivity index (χ1v) is 9.75. The number of anilines is 1. The number of rotatable bonds is 4. The summed E-state index contributed by atoms with van der Waals surface area (Å²) in [5.74, 6) is 0.978. The Kier molecular flexibility index (Phi) is 3.94. The van der Waals surface area contributed by atoms with Crippen LogP contribution in [0.1, 0.15) is 0 Å². The third-order valence-corrected chi connectivity index (χ3v) is 5.59. The summed E-state index contributed by atoms with van der Waals surface area (Å²) in [5, 5.41) is 4.07. The summed E-state index contributed by atoms with van der Waals surface area (Å²) in [6.07, 6.45) is 3.76. The fraction of sp³-hybridized carbons (Fsp3) is 0.150. The van der Waals surface area contributed by atoms with Gasteiger partial charge in [0.15, 0.2) is 5.16 Å². The van der Waals surface area contributed by atoms with Crippen LogP contribution in [0.25, 0.3) is 22.3 Å². The molecule has 0 bridgehead atoms. The molecule has 1 aliphatic rings. The van der Waals surface area contributed by atoms with Crippen molar-refractivity contribution in [2.75, 3.05) is 11.1 Å². The van der Waals surface area contributed by atoms with E-state index in [0.29, 0.717) is 0 Å². The van der Waals surface area contributed by atoms with E-state index in [2.05, 4.69) is 21.1 Å². The van der Waals surface area contributed by atoms with Crippen LogP contribution in [-0.4, -0.2) is 30.8 Å². The first-order chi connectivity index (χ1) is 13.3. The molecule has 1 amide bonds. The second-order valence-corrected chi connectivity index (χ2v) is 7.47. The van der Waals surface area contributed by atoms with E-state index in [1.807, 2.05) is 53.1 Å². The van der Waals surface area contributed by atoms with Crippen LogP contribution in [0, 0.1) is 0 Å². The molecule has 27 heavy (non-hydrogen) atoms. The van der Waals surface area contributed by atoms with Crippen molar-refractivity contribution < 1.29 is 4.79 Å². The first kappa shape index (κ1) is 16.1. The predicted octanol–water partition coefficient (Wildman–Crippen LogP) is 3.64. The van der Waals surface area contributed by atoms with E-state index in [-0.39, 0.29) is 12.5 Å². The van der Waals surface area contributed by atoms with Crippen LogP contribution < -0.4 is 5.32 Å². The van der Waals surface area contributed by atoms with Crippen molar-refractivity contribution in [3.8, 4) is 11.3 Å². The Balaban J connectivity index is 1.40. The number of amides is 1. The molecule has 0 atom stereocenters. The molecule has 1 aliphatic heterocycles. The number of imidazole rings is 2. The maximum atomic E-state index is 12.7. The summed E-state index contributed by atoms with van der Waals surface area (Å²) in [4.78, 5) is 21.7. The lowest BCUT2D eigenvalue weighted by Crippen LogP contribution is -2.18. The number of aryl methyl sites for hydroxylation is 1. The molecule has 7 heteroatoms. The Morgan fingerprint density at radius 3 is 2.93 bits per heavy atom. The molecule has 0 aliphatic carbocycles. The van der Waals surface area contributed by atoms with Crippen LogP contribution in [0.2, 0.25) is 0 Å². The van der Waals surface area contributed by atoms with Gasteiger partial charge in [-0.1, -0.05) is 42.1 Å². The Hall–Kier alpha value is -3.06. The highest BCUT2D eigenvalue weighted by Crippen LogP contribution is 2.32. The zero-order valence-electron chi connectivity index (χ0n) is 14.5. The van der Waals surface area contributed by atoms with Crippen molar-refractivity contribution in [1.82, 2.24) is 19.1 Å². The molecule has 1 N–H and O–H groups in total. The number of carbonyl (C=O) groups is 1. The molecule has 6 nitrogen and oxygen atoms in total. The molecular formula is C20H17N5OS. The van der Waals surface area contributed by atoms with Crippen LogP contribution in [0.3, 0.4) is 0 Å². The Morgan fingerprint density at radius 2 is 2.00 bits per heavy atom. The molecule has 4 aromatic rings. The summed E-state index contributed by atoms with van der Waals surface area (Å²) >= 11 is 1.76. The van der Waals surface area contributed by atoms with Gasteiger partial charge in [0.2, 0.25) is 5.91 Å². The highest BCUT2D eigenvalue weighted by Gasteiger charge is 2.17. The van der Waals surface area contributed by atoms with E-state index in [4.69, 9.17) is 4.98 Å². The second kappa shape index (κ2) is 6.59. The minimum Gasteiger partial charge on any atom is -0.325 e. The Bertz CT molecular complexity index is 1120. The van der Waals surface area contributed by atoms with Crippen molar-refractivity contribution in [2.24, 2.45) is 0 Å². The van der Waals surface area contributed by atoms with Gasteiger partial charge in [0, 0.05) is 24.1 Å². The quantitative estimate of drug-likeness (QED) is 0.591. The molecule has 0 fully saturated rings. The van der Waals surface area contributed by atoms with Crippen LogP contribution in [0.15, 0.2) is 66.2 Å². The standard InChI is InChI=1S/C20H17N5OS/c26-19(12-25-13-21-16-7-3-4-8-18(16)25)22-15-6-2-1-5-14(15)17-11-24-9-10-27-20(24)23-17/h1-8,11,13H,9-10,12H2,(H,22,26). The van der Waals surface area contributed by atoms with Crippen LogP contribution in [-0.2, 0) is 17.9 Å². The van der Waals surface area contributed by atoms with Crippen molar-refractivity contribution in [2.45, 2.75) is 18.2 Å². The van der Waals surface area contributed by atoms with Crippen molar-refractivity contribution in [3.63, 3.8) is 0 Å². The highest BCUT2D eigenvalue weighted by molar-refractivity contribution is 7.99. The smallest absolute Gasteiger partial charge is 0.244 e. The van der Waals surface area contributed by atoms with Crippen LogP contribution in [0.5, 0.6) is 0 Å². The van der Waals surface area contributed by atoms with E-state index in [1.165, 1.54) is 0 Å². The maximum absolute atomic E-state index is 12.7. The fourth-order valence-electron chi connectivity index (χ4n) is 3.34. The molecule has 0 unspecified atom stereocenters. The van der Waals surface area contributed by atoms with E-state index in [9.17, 15) is 4.79 Å². The minimum atomic E-state index is -0.0910. The predicted molar refractivity (Wildman–Crippen MR) is 107 cm³/mol. The summed E-state index contributed by atoms with van der Waals surface area (Å²) < 4.78 is 4.02. The lowest BCUT2D eigenvalue weighted by molar-refractivity contribution is -0.116. The van der Waals surface area contributed by atoms with E-state index in [1.54, 1.807) is 18.1 Å². The number of nitrogens with one attached hydrogen (secondary N) is 1. The number of thioether (sulfide) groups is 1. The van der Waals surface area contributed by atoms with Gasteiger partial charge in [-0.3, -0.25) is 4.79 Å². The topological polar surface area (TPSA) is 64.7 Å². The zero-order valence-corrected chi connectivity index (χ0v) is 15.3. The van der Waals surface area contributed by atoms with Gasteiger partial charge in [-0.2, -0.15) is 0 Å². The maximum Gasteiger partial charge on any atom is 0.244 e. The summed E-state index contributed by atoms with van der Waals surface area (Å²) in [6.45, 7) is 1.19. The Morgan fingerprint density at radius 1 is 1.15 bits per heavy atom. The highest BCUT2D eigenvalue weighted by atomic mass is 32.2. The van der Waals surface area contributed by atoms with Crippen molar-refractivity contribution >= 4 is 34.4 Å². The largest absolute Gasteiger partial charge is 0.325 e. The normalized spacial score (nSPS) is 13.0. The van der Waals surface area contributed by atoms with Crippen molar-refractivity contribution in [1.29, 1.82) is 0 Å². The van der Waals surface area contributed by atoms with E-state index in [0.717, 1.165) is 45.4 Å². The van der Waals surface area contributed by atoms with E-state index < -0.39 is 0 Å². The monoisotopic (exact) mass is 375 g/mol. The van der Waals surface area contributed by atoms with Gasteiger partial charge >= 0.3 is 0 Å². The third kappa shape index (κ3) is 3.00. The molecule has 0 saturated heterocycles. The molecule has 3 heterocycles. The van der Waals surface area contributed by atoms with Gasteiger partial charge in [-0.25, -0.2) is 9.97 Å². The number of benzene rings is 2. The average Bonchev–Trinajstić information content (AvgIpc) is 3.37. The molecular weight excluding hydrogens is 358 g/mol. The summed E-state index contributed by atoms with van der Waals surface area (Å²) in [6, 6.07) is 15.6. The first-order valence-electron chi connectivity index (χ1n) is 8.77. The van der Waals surface area contributed by atoms with Gasteiger partial charge in [0.1, 0.15) is 6.54 Å². The summed E-state index contributed by atoms with van der Waals surface area (Å²) in [5.41, 5.74) is 4.43. The average molecular weight is 375 g/mol. The van der Waals surface area contributed by atoms with Crippen LogP contribution >= 0.6 is 11.8 Å². The fourth-order valence-corrected chi connectivity index (χ4v) is 4.28. The molecule has 5 rings (SSSR count). The third-order valence-electron chi connectivity index (χ3n) is 4.62. The molecule has 0 saturated carbocycles. The van der Waals surface area contributed by atoms with E-state index >= 15 is 0 Å². The number of fused-ring (bicyclic) bond motifs is 2. The van der Waals surface area contributed by atoms with Gasteiger partial charge < -0.3 is 14.5 Å². The molecule has 0 radical (unpaired) electrons. The Labute approximate surface area is 160 Å². The minimum absolute atomic E-state index is 0.0910. The molecule has 2 aromatic heterocycles. The van der Waals surface area contributed by atoms with Crippen molar-refractivity contribution in [3.05, 3.63) is 61.1 Å². The molecule has 0 spiro atoms. The number of hydrogen-bond donors (Lipinski definition) is 1. The number of hydrogen-bond acceptors (Lipinski definition) is 4. The second-order valence-electron chi connectivity index (χ2n) is 6.41.